The van der Waals surface area contributed by atoms with Crippen molar-refractivity contribution >= 4 is 38.8 Å². The van der Waals surface area contributed by atoms with Crippen molar-refractivity contribution < 1.29 is 4.42 Å². The first-order valence-electron chi connectivity index (χ1n) is 19.1. The summed E-state index contributed by atoms with van der Waals surface area (Å²) in [4.78, 5) is 2.34. The van der Waals surface area contributed by atoms with Crippen LogP contribution in [0.4, 0.5) is 17.1 Å². The number of nitrogens with zero attached hydrogens (tertiary/aromatic N) is 1. The highest BCUT2D eigenvalue weighted by atomic mass is 16.3. The van der Waals surface area contributed by atoms with Crippen LogP contribution in [0, 0.1) is 0 Å². The molecule has 0 unspecified atom stereocenters. The normalized spacial score (nSPS) is 11.2. The molecule has 2 nitrogen and oxygen atoms in total. The molecule has 1 heterocycles. The van der Waals surface area contributed by atoms with Crippen molar-refractivity contribution in [2.24, 2.45) is 0 Å². The third-order valence-corrected chi connectivity index (χ3v) is 10.7. The summed E-state index contributed by atoms with van der Waals surface area (Å²) in [6, 6.07) is 80.1. The van der Waals surface area contributed by atoms with Gasteiger partial charge < -0.3 is 9.32 Å². The highest BCUT2D eigenvalue weighted by Gasteiger charge is 2.15. The highest BCUT2D eigenvalue weighted by Crippen LogP contribution is 2.39. The average molecular weight is 716 g/mol. The van der Waals surface area contributed by atoms with Crippen LogP contribution in [0.3, 0.4) is 0 Å². The number of hydrogen-bond acceptors (Lipinski definition) is 2. The molecule has 0 saturated carbocycles. The molecule has 0 saturated heterocycles. The summed E-state index contributed by atoms with van der Waals surface area (Å²) in [6.07, 6.45) is 0. The molecule has 0 radical (unpaired) electrons. The summed E-state index contributed by atoms with van der Waals surface area (Å²) in [5.74, 6) is 0.873. The van der Waals surface area contributed by atoms with E-state index >= 15 is 0 Å². The Morgan fingerprint density at radius 3 is 1.52 bits per heavy atom. The van der Waals surface area contributed by atoms with Crippen molar-refractivity contribution in [2.75, 3.05) is 4.90 Å². The van der Waals surface area contributed by atoms with Gasteiger partial charge in [-0.2, -0.15) is 0 Å². The Balaban J connectivity index is 0.982. The van der Waals surface area contributed by atoms with Crippen LogP contribution in [-0.2, 0) is 0 Å². The lowest BCUT2D eigenvalue weighted by atomic mass is 9.96. The Hall–Kier alpha value is -7.42. The lowest BCUT2D eigenvalue weighted by Gasteiger charge is -2.26. The zero-order chi connectivity index (χ0) is 37.3. The molecule has 0 bridgehead atoms. The molecule has 0 spiro atoms. The van der Waals surface area contributed by atoms with Gasteiger partial charge in [0.15, 0.2) is 0 Å². The van der Waals surface area contributed by atoms with Gasteiger partial charge in [-0.15, -0.1) is 0 Å². The molecule has 0 fully saturated rings. The molecular formula is C54H37NO. The fourth-order valence-corrected chi connectivity index (χ4v) is 7.80. The maximum atomic E-state index is 6.20. The monoisotopic (exact) mass is 715 g/mol. The van der Waals surface area contributed by atoms with Crippen LogP contribution in [0.15, 0.2) is 229 Å². The molecular weight excluding hydrogens is 679 g/mol. The second-order valence-corrected chi connectivity index (χ2v) is 14.2. The third kappa shape index (κ3) is 6.44. The van der Waals surface area contributed by atoms with Crippen molar-refractivity contribution in [1.82, 2.24) is 0 Å². The van der Waals surface area contributed by atoms with Gasteiger partial charge in [0.2, 0.25) is 0 Å². The summed E-state index contributed by atoms with van der Waals surface area (Å²) >= 11 is 0. The Labute approximate surface area is 327 Å². The Morgan fingerprint density at radius 2 is 0.786 bits per heavy atom. The predicted octanol–water partition coefficient (Wildman–Crippen LogP) is 15.4. The molecule has 264 valence electrons. The average Bonchev–Trinajstić information content (AvgIpc) is 3.72. The van der Waals surface area contributed by atoms with E-state index in [1.807, 2.05) is 18.2 Å². The van der Waals surface area contributed by atoms with E-state index in [0.717, 1.165) is 50.5 Å². The van der Waals surface area contributed by atoms with Crippen LogP contribution in [0.25, 0.3) is 77.6 Å². The van der Waals surface area contributed by atoms with Crippen molar-refractivity contribution in [3.63, 3.8) is 0 Å². The van der Waals surface area contributed by atoms with E-state index in [-0.39, 0.29) is 0 Å². The van der Waals surface area contributed by atoms with Crippen LogP contribution < -0.4 is 4.90 Å². The smallest absolute Gasteiger partial charge is 0.135 e. The van der Waals surface area contributed by atoms with Crippen molar-refractivity contribution in [2.45, 2.75) is 0 Å². The van der Waals surface area contributed by atoms with E-state index in [1.165, 1.54) is 44.2 Å². The molecule has 10 rings (SSSR count). The molecule has 0 atom stereocenters. The van der Waals surface area contributed by atoms with E-state index in [2.05, 4.69) is 211 Å². The molecule has 9 aromatic carbocycles. The first kappa shape index (κ1) is 33.2. The van der Waals surface area contributed by atoms with E-state index in [0.29, 0.717) is 0 Å². The topological polar surface area (TPSA) is 16.4 Å². The summed E-state index contributed by atoms with van der Waals surface area (Å²) in [5, 5.41) is 3.63. The first-order chi connectivity index (χ1) is 27.7. The van der Waals surface area contributed by atoms with E-state index in [4.69, 9.17) is 4.42 Å². The molecule has 0 aliphatic carbocycles. The number of rotatable bonds is 8. The minimum Gasteiger partial charge on any atom is -0.456 e. The van der Waals surface area contributed by atoms with Crippen molar-refractivity contribution in [3.8, 4) is 55.8 Å². The van der Waals surface area contributed by atoms with Crippen LogP contribution in [0.5, 0.6) is 0 Å². The second-order valence-electron chi connectivity index (χ2n) is 14.2. The maximum absolute atomic E-state index is 6.20. The van der Waals surface area contributed by atoms with Gasteiger partial charge in [-0.3, -0.25) is 0 Å². The Morgan fingerprint density at radius 1 is 0.286 bits per heavy atom. The molecule has 56 heavy (non-hydrogen) atoms. The molecule has 2 heteroatoms. The van der Waals surface area contributed by atoms with Gasteiger partial charge in [0.05, 0.1) is 0 Å². The fraction of sp³-hybridized carbons (Fsp3) is 0. The second kappa shape index (κ2) is 14.4. The number of fused-ring (bicyclic) bond motifs is 2. The third-order valence-electron chi connectivity index (χ3n) is 10.7. The minimum atomic E-state index is 0.873. The quantitative estimate of drug-likeness (QED) is 0.156. The van der Waals surface area contributed by atoms with Crippen LogP contribution in [0.1, 0.15) is 0 Å². The SMILES string of the molecule is c1ccc(-c2cccc(N(c3ccc(-c4ccc(-c5cccc6ccccc56)cc4)cc3)c3ccc(-c4cccc(-c5cc6ccccc6o5)c4)cc3)c2)cc1. The standard InChI is InChI=1S/C54H37NO/c1-2-11-38(12-3-1)45-17-9-19-50(36-45)55(49-33-29-41(30-34-49)44-16-8-18-46(35-44)54-37-47-14-5-7-22-53(47)56-54)48-31-27-40(28-32-48)39-23-25-43(26-24-39)52-21-10-15-42-13-4-6-20-51(42)52/h1-37H. The molecule has 0 N–H and O–H groups in total. The number of benzene rings is 9. The van der Waals surface area contributed by atoms with Gasteiger partial charge >= 0.3 is 0 Å². The zero-order valence-corrected chi connectivity index (χ0v) is 30.7. The van der Waals surface area contributed by atoms with Gasteiger partial charge in [0, 0.05) is 28.0 Å². The number of anilines is 3. The zero-order valence-electron chi connectivity index (χ0n) is 30.7. The highest BCUT2D eigenvalue weighted by molar-refractivity contribution is 5.97. The number of hydrogen-bond donors (Lipinski definition) is 0. The van der Waals surface area contributed by atoms with Gasteiger partial charge in [-0.1, -0.05) is 170 Å². The number of para-hydroxylation sites is 1. The van der Waals surface area contributed by atoms with E-state index in [1.54, 1.807) is 0 Å². The van der Waals surface area contributed by atoms with Crippen molar-refractivity contribution in [3.05, 3.63) is 224 Å². The van der Waals surface area contributed by atoms with E-state index in [9.17, 15) is 0 Å². The summed E-state index contributed by atoms with van der Waals surface area (Å²) < 4.78 is 6.20. The summed E-state index contributed by atoms with van der Waals surface area (Å²) in [6.45, 7) is 0. The van der Waals surface area contributed by atoms with Gasteiger partial charge in [0.25, 0.3) is 0 Å². The lowest BCUT2D eigenvalue weighted by Crippen LogP contribution is -2.10. The first-order valence-corrected chi connectivity index (χ1v) is 19.1. The molecule has 10 aromatic rings. The maximum Gasteiger partial charge on any atom is 0.135 e. The van der Waals surface area contributed by atoms with Gasteiger partial charge in [0.1, 0.15) is 11.3 Å². The predicted molar refractivity (Wildman–Crippen MR) is 236 cm³/mol. The Bertz CT molecular complexity index is 2900. The fourth-order valence-electron chi connectivity index (χ4n) is 7.80. The lowest BCUT2D eigenvalue weighted by molar-refractivity contribution is 0.631. The van der Waals surface area contributed by atoms with Crippen LogP contribution in [0.2, 0.25) is 0 Å². The molecule has 0 aliphatic rings. The number of furan rings is 1. The van der Waals surface area contributed by atoms with E-state index < -0.39 is 0 Å². The Kier molecular flexibility index (Phi) is 8.55. The van der Waals surface area contributed by atoms with Crippen LogP contribution >= 0.6 is 0 Å². The summed E-state index contributed by atoms with van der Waals surface area (Å²) in [7, 11) is 0. The van der Waals surface area contributed by atoms with Crippen LogP contribution in [-0.4, -0.2) is 0 Å². The largest absolute Gasteiger partial charge is 0.456 e. The minimum absolute atomic E-state index is 0.873. The van der Waals surface area contributed by atoms with Crippen molar-refractivity contribution in [1.29, 1.82) is 0 Å². The summed E-state index contributed by atoms with van der Waals surface area (Å²) in [5.41, 5.74) is 14.7. The molecule has 1 aromatic heterocycles. The van der Waals surface area contributed by atoms with Gasteiger partial charge in [-0.25, -0.2) is 0 Å². The van der Waals surface area contributed by atoms with Gasteiger partial charge in [-0.05, 0) is 110 Å². The molecule has 0 amide bonds. The molecule has 0 aliphatic heterocycles.